The third-order valence-electron chi connectivity index (χ3n) is 6.53. The van der Waals surface area contributed by atoms with Crippen LogP contribution in [-0.2, 0) is 16.1 Å². The molecule has 8 nitrogen and oxygen atoms in total. The molecule has 1 fully saturated rings. The van der Waals surface area contributed by atoms with Gasteiger partial charge in [0.05, 0.1) is 6.54 Å². The lowest BCUT2D eigenvalue weighted by molar-refractivity contribution is -0.123. The first-order chi connectivity index (χ1) is 17.0. The average Bonchev–Trinajstić information content (AvgIpc) is 3.44. The van der Waals surface area contributed by atoms with Crippen LogP contribution in [0.1, 0.15) is 52.6 Å². The van der Waals surface area contributed by atoms with E-state index in [1.165, 1.54) is 12.1 Å². The van der Waals surface area contributed by atoms with Crippen molar-refractivity contribution in [3.8, 4) is 11.1 Å². The fourth-order valence-electron chi connectivity index (χ4n) is 4.59. The Morgan fingerprint density at radius 1 is 0.971 bits per heavy atom. The normalized spacial score (nSPS) is 15.1. The molecule has 2 aliphatic carbocycles. The molecule has 1 atom stereocenters. The Balaban J connectivity index is 1.20. The summed E-state index contributed by atoms with van der Waals surface area (Å²) in [7, 11) is 0. The molecule has 0 saturated heterocycles. The Bertz CT molecular complexity index is 1220. The number of aromatic carboxylic acids is 1. The van der Waals surface area contributed by atoms with Crippen molar-refractivity contribution in [3.05, 3.63) is 83.3 Å². The standard InChI is InChI=1S/C27H26N2O6/c30-25(28-14-17-11-12-24(35-17)26(31)32)23(13-16-9-10-16)29-27(33)34-15-22-20-7-3-1-5-18(20)19-6-2-4-8-21(19)22/h1-8,11-12,16,22-23H,9-10,13-15H2,(H,28,30)(H,29,33)(H,31,32)/t23-/m0/s1. The summed E-state index contributed by atoms with van der Waals surface area (Å²) < 4.78 is 10.8. The summed E-state index contributed by atoms with van der Waals surface area (Å²) in [6.07, 6.45) is 1.93. The minimum atomic E-state index is -1.17. The quantitative estimate of drug-likeness (QED) is 0.426. The van der Waals surface area contributed by atoms with E-state index in [-0.39, 0.29) is 30.7 Å². The second-order valence-electron chi connectivity index (χ2n) is 8.99. The molecule has 35 heavy (non-hydrogen) atoms. The van der Waals surface area contributed by atoms with Gasteiger partial charge in [0.2, 0.25) is 11.7 Å². The summed E-state index contributed by atoms with van der Waals surface area (Å²) in [5, 5.41) is 14.4. The number of hydrogen-bond donors (Lipinski definition) is 3. The van der Waals surface area contributed by atoms with Crippen LogP contribution in [0.4, 0.5) is 4.79 Å². The van der Waals surface area contributed by atoms with Gasteiger partial charge in [-0.25, -0.2) is 9.59 Å². The first kappa shape index (κ1) is 22.7. The van der Waals surface area contributed by atoms with Crippen LogP contribution in [0, 0.1) is 5.92 Å². The monoisotopic (exact) mass is 474 g/mol. The zero-order valence-corrected chi connectivity index (χ0v) is 19.0. The van der Waals surface area contributed by atoms with Gasteiger partial charge >= 0.3 is 12.1 Å². The van der Waals surface area contributed by atoms with Crippen LogP contribution in [-0.4, -0.2) is 35.7 Å². The fourth-order valence-corrected chi connectivity index (χ4v) is 4.59. The van der Waals surface area contributed by atoms with Crippen LogP contribution >= 0.6 is 0 Å². The van der Waals surface area contributed by atoms with Gasteiger partial charge in [-0.3, -0.25) is 4.79 Å². The highest BCUT2D eigenvalue weighted by Crippen LogP contribution is 2.44. The molecule has 180 valence electrons. The predicted molar refractivity (Wildman–Crippen MR) is 127 cm³/mol. The van der Waals surface area contributed by atoms with Crippen molar-refractivity contribution in [2.75, 3.05) is 6.61 Å². The van der Waals surface area contributed by atoms with E-state index >= 15 is 0 Å². The highest BCUT2D eigenvalue weighted by molar-refractivity contribution is 5.86. The van der Waals surface area contributed by atoms with Gasteiger partial charge in [-0.15, -0.1) is 0 Å². The number of benzene rings is 2. The number of furan rings is 1. The molecule has 0 radical (unpaired) electrons. The highest BCUT2D eigenvalue weighted by atomic mass is 16.5. The van der Waals surface area contributed by atoms with E-state index in [9.17, 15) is 14.4 Å². The van der Waals surface area contributed by atoms with Gasteiger partial charge in [0.15, 0.2) is 0 Å². The van der Waals surface area contributed by atoms with Gasteiger partial charge in [0, 0.05) is 5.92 Å². The van der Waals surface area contributed by atoms with E-state index in [4.69, 9.17) is 14.3 Å². The third-order valence-corrected chi connectivity index (χ3v) is 6.53. The average molecular weight is 475 g/mol. The van der Waals surface area contributed by atoms with Crippen molar-refractivity contribution in [1.82, 2.24) is 10.6 Å². The van der Waals surface area contributed by atoms with E-state index in [2.05, 4.69) is 34.9 Å². The minimum absolute atomic E-state index is 0.0274. The lowest BCUT2D eigenvalue weighted by Gasteiger charge is -2.19. The summed E-state index contributed by atoms with van der Waals surface area (Å²) in [6.45, 7) is 0.196. The second kappa shape index (κ2) is 9.66. The topological polar surface area (TPSA) is 118 Å². The Labute approximate surface area is 202 Å². The van der Waals surface area contributed by atoms with Gasteiger partial charge in [-0.1, -0.05) is 61.4 Å². The summed E-state index contributed by atoms with van der Waals surface area (Å²) in [5.74, 6) is -1.08. The first-order valence-corrected chi connectivity index (χ1v) is 11.7. The zero-order chi connectivity index (χ0) is 24.4. The summed E-state index contributed by atoms with van der Waals surface area (Å²) in [4.78, 5) is 36.5. The Morgan fingerprint density at radius 2 is 1.63 bits per heavy atom. The number of fused-ring (bicyclic) bond motifs is 3. The van der Waals surface area contributed by atoms with Crippen molar-refractivity contribution < 1.29 is 28.6 Å². The Kier molecular flexibility index (Phi) is 6.27. The SMILES string of the molecule is O=C(N[C@@H](CC1CC1)C(=O)NCc1ccc(C(=O)O)o1)OCC1c2ccccc2-c2ccccc21. The van der Waals surface area contributed by atoms with Gasteiger partial charge in [-0.05, 0) is 46.7 Å². The molecule has 0 unspecified atom stereocenters. The molecular weight excluding hydrogens is 448 g/mol. The second-order valence-corrected chi connectivity index (χ2v) is 8.99. The Morgan fingerprint density at radius 3 is 2.23 bits per heavy atom. The number of hydrogen-bond acceptors (Lipinski definition) is 5. The van der Waals surface area contributed by atoms with Crippen LogP contribution in [0.15, 0.2) is 65.1 Å². The van der Waals surface area contributed by atoms with Crippen molar-refractivity contribution in [2.45, 2.75) is 37.8 Å². The van der Waals surface area contributed by atoms with Gasteiger partial charge in [-0.2, -0.15) is 0 Å². The van der Waals surface area contributed by atoms with E-state index in [1.54, 1.807) is 0 Å². The highest BCUT2D eigenvalue weighted by Gasteiger charge is 2.32. The zero-order valence-electron chi connectivity index (χ0n) is 19.0. The number of carboxylic acids is 1. The molecule has 2 aliphatic rings. The third kappa shape index (κ3) is 5.06. The number of alkyl carbamates (subject to hydrolysis) is 1. The van der Waals surface area contributed by atoms with Gasteiger partial charge in [0.25, 0.3) is 0 Å². The molecule has 2 aromatic carbocycles. The van der Waals surface area contributed by atoms with Crippen molar-refractivity contribution >= 4 is 18.0 Å². The van der Waals surface area contributed by atoms with Gasteiger partial charge in [0.1, 0.15) is 18.4 Å². The largest absolute Gasteiger partial charge is 0.475 e. The first-order valence-electron chi connectivity index (χ1n) is 11.7. The van der Waals surface area contributed by atoms with E-state index < -0.39 is 18.1 Å². The van der Waals surface area contributed by atoms with E-state index in [1.807, 2.05) is 24.3 Å². The maximum Gasteiger partial charge on any atom is 0.407 e. The summed E-state index contributed by atoms with van der Waals surface area (Å²) in [6, 6.07) is 18.3. The van der Waals surface area contributed by atoms with E-state index in [0.29, 0.717) is 18.1 Å². The van der Waals surface area contributed by atoms with Crippen molar-refractivity contribution in [1.29, 1.82) is 0 Å². The molecule has 1 saturated carbocycles. The summed E-state index contributed by atoms with van der Waals surface area (Å²) in [5.41, 5.74) is 4.53. The number of rotatable bonds is 9. The van der Waals surface area contributed by atoms with Crippen LogP contribution in [0.5, 0.6) is 0 Å². The number of ether oxygens (including phenoxy) is 1. The smallest absolute Gasteiger partial charge is 0.407 e. The predicted octanol–water partition coefficient (Wildman–Crippen LogP) is 4.30. The van der Waals surface area contributed by atoms with E-state index in [0.717, 1.165) is 35.1 Å². The lowest BCUT2D eigenvalue weighted by atomic mass is 9.98. The van der Waals surface area contributed by atoms with Crippen LogP contribution in [0.3, 0.4) is 0 Å². The molecule has 0 spiro atoms. The van der Waals surface area contributed by atoms with Crippen molar-refractivity contribution in [2.24, 2.45) is 5.92 Å². The number of carbonyl (C=O) groups is 3. The molecule has 5 rings (SSSR count). The molecule has 0 aliphatic heterocycles. The molecule has 8 heteroatoms. The number of amides is 2. The molecule has 1 aromatic heterocycles. The number of carbonyl (C=O) groups excluding carboxylic acids is 2. The molecule has 2 amide bonds. The van der Waals surface area contributed by atoms with Gasteiger partial charge < -0.3 is 24.9 Å². The molecule has 3 aromatic rings. The maximum absolute atomic E-state index is 12.8. The number of nitrogens with one attached hydrogen (secondary N) is 2. The lowest BCUT2D eigenvalue weighted by Crippen LogP contribution is -2.47. The molecule has 1 heterocycles. The Hall–Kier alpha value is -4.07. The maximum atomic E-state index is 12.8. The minimum Gasteiger partial charge on any atom is -0.475 e. The van der Waals surface area contributed by atoms with Crippen molar-refractivity contribution in [3.63, 3.8) is 0 Å². The number of carboxylic acid groups (broad SMARTS) is 1. The van der Waals surface area contributed by atoms with Crippen LogP contribution < -0.4 is 10.6 Å². The molecule has 3 N–H and O–H groups in total. The summed E-state index contributed by atoms with van der Waals surface area (Å²) >= 11 is 0. The fraction of sp³-hybridized carbons (Fsp3) is 0.296. The molecular formula is C27H26N2O6. The van der Waals surface area contributed by atoms with Crippen LogP contribution in [0.25, 0.3) is 11.1 Å². The van der Waals surface area contributed by atoms with Crippen LogP contribution in [0.2, 0.25) is 0 Å². The molecule has 0 bridgehead atoms.